The topological polar surface area (TPSA) is 66.4 Å². The lowest BCUT2D eigenvalue weighted by molar-refractivity contribution is -0.137. The molecule has 1 aromatic carbocycles. The van der Waals surface area contributed by atoms with Gasteiger partial charge in [0.25, 0.3) is 0 Å². The van der Waals surface area contributed by atoms with E-state index in [1.807, 2.05) is 25.1 Å². The van der Waals surface area contributed by atoms with Crippen molar-refractivity contribution in [2.45, 2.75) is 18.2 Å². The minimum absolute atomic E-state index is 0.229. The molecule has 0 bridgehead atoms. The maximum Gasteiger partial charge on any atom is 0.322 e. The third-order valence-corrected chi connectivity index (χ3v) is 3.02. The Bertz CT molecular complexity index is 406. The van der Waals surface area contributed by atoms with Crippen LogP contribution in [0.5, 0.6) is 0 Å². The molecule has 0 unspecified atom stereocenters. The number of hydrogen-bond donors (Lipinski definition) is 2. The second-order valence-electron chi connectivity index (χ2n) is 3.59. The molecular formula is C12H15NO3S. The van der Waals surface area contributed by atoms with Crippen LogP contribution in [0, 0.1) is 6.92 Å². The molecule has 0 saturated heterocycles. The van der Waals surface area contributed by atoms with Crippen LogP contribution in [0.2, 0.25) is 0 Å². The number of carboxylic acids is 1. The molecule has 0 aliphatic heterocycles. The third kappa shape index (κ3) is 5.97. The number of carboxylic acid groups (broad SMARTS) is 1. The van der Waals surface area contributed by atoms with Crippen LogP contribution < -0.4 is 5.32 Å². The molecular weight excluding hydrogens is 238 g/mol. The molecule has 1 aromatic rings. The Balaban J connectivity index is 2.23. The molecule has 1 amide bonds. The van der Waals surface area contributed by atoms with Crippen molar-refractivity contribution < 1.29 is 14.7 Å². The molecule has 0 fully saturated rings. The summed E-state index contributed by atoms with van der Waals surface area (Å²) in [6, 6.07) is 8.04. The molecule has 0 radical (unpaired) electrons. The average Bonchev–Trinajstić information content (AvgIpc) is 2.26. The lowest BCUT2D eigenvalue weighted by Gasteiger charge is -2.03. The Hall–Kier alpha value is -1.49. The Morgan fingerprint density at radius 3 is 2.82 bits per heavy atom. The number of aryl methyl sites for hydroxylation is 1. The van der Waals surface area contributed by atoms with E-state index in [4.69, 9.17) is 5.11 Å². The number of carbonyl (C=O) groups is 2. The van der Waals surface area contributed by atoms with E-state index >= 15 is 0 Å². The smallest absolute Gasteiger partial charge is 0.322 e. The summed E-state index contributed by atoms with van der Waals surface area (Å²) in [7, 11) is 0. The molecule has 0 aliphatic rings. The van der Waals surface area contributed by atoms with Gasteiger partial charge in [0.2, 0.25) is 5.91 Å². The van der Waals surface area contributed by atoms with Crippen molar-refractivity contribution in [3.63, 3.8) is 0 Å². The Morgan fingerprint density at radius 2 is 2.18 bits per heavy atom. The number of aliphatic carboxylic acids is 1. The van der Waals surface area contributed by atoms with Gasteiger partial charge in [-0.05, 0) is 19.1 Å². The number of benzene rings is 1. The predicted molar refractivity (Wildman–Crippen MR) is 67.2 cm³/mol. The Morgan fingerprint density at radius 1 is 1.41 bits per heavy atom. The maximum atomic E-state index is 11.2. The number of amides is 1. The maximum absolute atomic E-state index is 11.2. The van der Waals surface area contributed by atoms with Gasteiger partial charge in [0.15, 0.2) is 0 Å². The molecule has 0 aromatic heterocycles. The monoisotopic (exact) mass is 253 g/mol. The summed E-state index contributed by atoms with van der Waals surface area (Å²) in [6.45, 7) is 1.71. The lowest BCUT2D eigenvalue weighted by Crippen LogP contribution is -2.29. The van der Waals surface area contributed by atoms with Gasteiger partial charge in [-0.25, -0.2) is 0 Å². The van der Waals surface area contributed by atoms with Gasteiger partial charge < -0.3 is 10.4 Å². The molecule has 92 valence electrons. The zero-order valence-electron chi connectivity index (χ0n) is 9.60. The second kappa shape index (κ2) is 6.96. The van der Waals surface area contributed by atoms with Gasteiger partial charge >= 0.3 is 5.97 Å². The highest BCUT2D eigenvalue weighted by Gasteiger charge is 2.03. The first-order valence-corrected chi connectivity index (χ1v) is 6.24. The number of rotatable bonds is 6. The zero-order chi connectivity index (χ0) is 12.7. The van der Waals surface area contributed by atoms with Crippen LogP contribution in [-0.2, 0) is 9.59 Å². The van der Waals surface area contributed by atoms with Gasteiger partial charge in [-0.3, -0.25) is 9.59 Å². The highest BCUT2D eigenvalue weighted by molar-refractivity contribution is 7.99. The van der Waals surface area contributed by atoms with E-state index in [0.29, 0.717) is 12.2 Å². The molecule has 0 heterocycles. The quantitative estimate of drug-likeness (QED) is 0.757. The molecule has 2 N–H and O–H groups in total. The lowest BCUT2D eigenvalue weighted by atomic mass is 10.2. The van der Waals surface area contributed by atoms with Crippen LogP contribution >= 0.6 is 11.8 Å². The standard InChI is InChI=1S/C12H15NO3S/c1-9-3-2-4-10(7-9)17-6-5-11(14)13-8-12(15)16/h2-4,7H,5-6,8H2,1H3,(H,13,14)(H,15,16). The second-order valence-corrected chi connectivity index (χ2v) is 4.75. The average molecular weight is 253 g/mol. The Labute approximate surface area is 104 Å². The first-order valence-electron chi connectivity index (χ1n) is 5.26. The van der Waals surface area contributed by atoms with E-state index in [1.54, 1.807) is 11.8 Å². The molecule has 1 rings (SSSR count). The summed E-state index contributed by atoms with van der Waals surface area (Å²) < 4.78 is 0. The summed E-state index contributed by atoms with van der Waals surface area (Å²) in [6.07, 6.45) is 0.325. The van der Waals surface area contributed by atoms with Gasteiger partial charge in [-0.15, -0.1) is 11.8 Å². The van der Waals surface area contributed by atoms with E-state index < -0.39 is 5.97 Å². The van der Waals surface area contributed by atoms with Crippen molar-refractivity contribution in [3.8, 4) is 0 Å². The van der Waals surface area contributed by atoms with Crippen molar-refractivity contribution in [1.29, 1.82) is 0 Å². The normalized spacial score (nSPS) is 9.94. The largest absolute Gasteiger partial charge is 0.480 e. The minimum Gasteiger partial charge on any atom is -0.480 e. The van der Waals surface area contributed by atoms with E-state index in [1.165, 1.54) is 5.56 Å². The zero-order valence-corrected chi connectivity index (χ0v) is 10.4. The van der Waals surface area contributed by atoms with E-state index in [9.17, 15) is 9.59 Å². The Kier molecular flexibility index (Phi) is 5.56. The van der Waals surface area contributed by atoms with Gasteiger partial charge in [0.1, 0.15) is 6.54 Å². The molecule has 5 heteroatoms. The van der Waals surface area contributed by atoms with E-state index in [2.05, 4.69) is 11.4 Å². The van der Waals surface area contributed by atoms with Crippen LogP contribution in [0.1, 0.15) is 12.0 Å². The van der Waals surface area contributed by atoms with Crippen LogP contribution in [-0.4, -0.2) is 29.3 Å². The molecule has 0 aliphatic carbocycles. The number of carbonyl (C=O) groups excluding carboxylic acids is 1. The van der Waals surface area contributed by atoms with Gasteiger partial charge in [-0.2, -0.15) is 0 Å². The van der Waals surface area contributed by atoms with E-state index in [0.717, 1.165) is 4.90 Å². The summed E-state index contributed by atoms with van der Waals surface area (Å²) in [4.78, 5) is 22.6. The van der Waals surface area contributed by atoms with Gasteiger partial charge in [0.05, 0.1) is 0 Å². The van der Waals surface area contributed by atoms with Crippen molar-refractivity contribution in [2.75, 3.05) is 12.3 Å². The summed E-state index contributed by atoms with van der Waals surface area (Å²) >= 11 is 1.59. The molecule has 0 saturated carbocycles. The number of nitrogens with one attached hydrogen (secondary N) is 1. The summed E-state index contributed by atoms with van der Waals surface area (Å²) in [5, 5.41) is 10.7. The van der Waals surface area contributed by atoms with Crippen LogP contribution in [0.3, 0.4) is 0 Å². The fraction of sp³-hybridized carbons (Fsp3) is 0.333. The van der Waals surface area contributed by atoms with Crippen LogP contribution in [0.15, 0.2) is 29.2 Å². The van der Waals surface area contributed by atoms with Gasteiger partial charge in [0, 0.05) is 17.1 Å². The summed E-state index contributed by atoms with van der Waals surface area (Å²) in [5.41, 5.74) is 1.19. The van der Waals surface area contributed by atoms with E-state index in [-0.39, 0.29) is 12.5 Å². The highest BCUT2D eigenvalue weighted by atomic mass is 32.2. The number of hydrogen-bond acceptors (Lipinski definition) is 3. The van der Waals surface area contributed by atoms with Crippen molar-refractivity contribution in [2.24, 2.45) is 0 Å². The van der Waals surface area contributed by atoms with Crippen molar-refractivity contribution in [1.82, 2.24) is 5.32 Å². The summed E-state index contributed by atoms with van der Waals surface area (Å²) in [5.74, 6) is -0.605. The molecule has 4 nitrogen and oxygen atoms in total. The first kappa shape index (κ1) is 13.6. The highest BCUT2D eigenvalue weighted by Crippen LogP contribution is 2.19. The third-order valence-electron chi connectivity index (χ3n) is 2.02. The van der Waals surface area contributed by atoms with Crippen molar-refractivity contribution in [3.05, 3.63) is 29.8 Å². The van der Waals surface area contributed by atoms with Crippen LogP contribution in [0.4, 0.5) is 0 Å². The first-order chi connectivity index (χ1) is 8.08. The van der Waals surface area contributed by atoms with Gasteiger partial charge in [-0.1, -0.05) is 17.7 Å². The van der Waals surface area contributed by atoms with Crippen LogP contribution in [0.25, 0.3) is 0 Å². The molecule has 0 spiro atoms. The van der Waals surface area contributed by atoms with Crippen molar-refractivity contribution >= 4 is 23.6 Å². The minimum atomic E-state index is -1.02. The molecule has 0 atom stereocenters. The SMILES string of the molecule is Cc1cccc(SCCC(=O)NCC(=O)O)c1. The fourth-order valence-electron chi connectivity index (χ4n) is 1.23. The fourth-order valence-corrected chi connectivity index (χ4v) is 2.20. The number of thioether (sulfide) groups is 1. The molecule has 17 heavy (non-hydrogen) atoms. The predicted octanol–water partition coefficient (Wildman–Crippen LogP) is 1.68.